The summed E-state index contributed by atoms with van der Waals surface area (Å²) < 4.78 is 0. The molecule has 0 fully saturated rings. The van der Waals surface area contributed by atoms with Crippen molar-refractivity contribution in [2.45, 2.75) is 25.7 Å². The van der Waals surface area contributed by atoms with Gasteiger partial charge in [-0.25, -0.2) is 9.97 Å². The Morgan fingerprint density at radius 1 is 1.27 bits per heavy atom. The van der Waals surface area contributed by atoms with E-state index in [2.05, 4.69) is 20.6 Å². The summed E-state index contributed by atoms with van der Waals surface area (Å²) in [5, 5.41) is 22.7. The SMILES string of the molecule is N#C/C(=C/Nc1ncccn1)C(=O)NCCCCCC(=O)O. The van der Waals surface area contributed by atoms with Gasteiger partial charge < -0.3 is 15.7 Å². The van der Waals surface area contributed by atoms with Crippen molar-refractivity contribution in [1.82, 2.24) is 15.3 Å². The molecule has 8 nitrogen and oxygen atoms in total. The lowest BCUT2D eigenvalue weighted by molar-refractivity contribution is -0.137. The number of carbonyl (C=O) groups is 2. The van der Waals surface area contributed by atoms with Crippen LogP contribution in [0.25, 0.3) is 0 Å². The molecular formula is C14H17N5O3. The zero-order valence-corrected chi connectivity index (χ0v) is 12.0. The first-order valence-electron chi connectivity index (χ1n) is 6.77. The van der Waals surface area contributed by atoms with Gasteiger partial charge in [0.2, 0.25) is 5.95 Å². The number of carbonyl (C=O) groups excluding carboxylic acids is 1. The molecule has 0 aliphatic heterocycles. The number of nitrogens with zero attached hydrogens (tertiary/aromatic N) is 3. The van der Waals surface area contributed by atoms with Gasteiger partial charge in [-0.15, -0.1) is 0 Å². The zero-order valence-electron chi connectivity index (χ0n) is 12.0. The molecule has 0 saturated heterocycles. The van der Waals surface area contributed by atoms with Crippen molar-refractivity contribution in [2.24, 2.45) is 0 Å². The first-order valence-corrected chi connectivity index (χ1v) is 6.77. The molecule has 0 aliphatic rings. The molecule has 0 atom stereocenters. The average molecular weight is 303 g/mol. The number of unbranched alkanes of at least 4 members (excludes halogenated alkanes) is 2. The Morgan fingerprint density at radius 2 is 2.00 bits per heavy atom. The van der Waals surface area contributed by atoms with Crippen LogP contribution in [-0.4, -0.2) is 33.5 Å². The minimum Gasteiger partial charge on any atom is -0.481 e. The van der Waals surface area contributed by atoms with E-state index in [-0.39, 0.29) is 17.9 Å². The smallest absolute Gasteiger partial charge is 0.303 e. The molecule has 0 spiro atoms. The van der Waals surface area contributed by atoms with Gasteiger partial charge in [-0.1, -0.05) is 6.42 Å². The summed E-state index contributed by atoms with van der Waals surface area (Å²) in [5.74, 6) is -1.03. The van der Waals surface area contributed by atoms with Crippen LogP contribution < -0.4 is 10.6 Å². The predicted octanol–water partition coefficient (Wildman–Crippen LogP) is 1.06. The van der Waals surface area contributed by atoms with Crippen LogP contribution in [0, 0.1) is 11.3 Å². The minimum absolute atomic E-state index is 0.0852. The monoisotopic (exact) mass is 303 g/mol. The van der Waals surface area contributed by atoms with Crippen molar-refractivity contribution in [3.05, 3.63) is 30.2 Å². The number of carboxylic acids is 1. The quantitative estimate of drug-likeness (QED) is 0.353. The van der Waals surface area contributed by atoms with Crippen LogP contribution in [0.2, 0.25) is 0 Å². The maximum Gasteiger partial charge on any atom is 0.303 e. The molecule has 0 bridgehead atoms. The zero-order chi connectivity index (χ0) is 16.2. The summed E-state index contributed by atoms with van der Waals surface area (Å²) in [5.41, 5.74) is -0.0852. The van der Waals surface area contributed by atoms with Crippen molar-refractivity contribution in [1.29, 1.82) is 5.26 Å². The number of carboxylic acid groups (broad SMARTS) is 1. The van der Waals surface area contributed by atoms with E-state index in [9.17, 15) is 9.59 Å². The van der Waals surface area contributed by atoms with Crippen LogP contribution in [0.4, 0.5) is 5.95 Å². The molecule has 0 saturated carbocycles. The summed E-state index contributed by atoms with van der Waals surface area (Å²) in [4.78, 5) is 29.9. The summed E-state index contributed by atoms with van der Waals surface area (Å²) in [6.45, 7) is 0.388. The van der Waals surface area contributed by atoms with E-state index in [0.29, 0.717) is 25.8 Å². The highest BCUT2D eigenvalue weighted by molar-refractivity contribution is 5.97. The third-order valence-electron chi connectivity index (χ3n) is 2.63. The fraction of sp³-hybridized carbons (Fsp3) is 0.357. The lowest BCUT2D eigenvalue weighted by Crippen LogP contribution is -2.26. The molecule has 8 heteroatoms. The Bertz CT molecular complexity index is 566. The van der Waals surface area contributed by atoms with Crippen molar-refractivity contribution >= 4 is 17.8 Å². The summed E-state index contributed by atoms with van der Waals surface area (Å²) in [7, 11) is 0. The third kappa shape index (κ3) is 7.00. The van der Waals surface area contributed by atoms with Gasteiger partial charge in [-0.3, -0.25) is 9.59 Å². The van der Waals surface area contributed by atoms with E-state index >= 15 is 0 Å². The summed E-state index contributed by atoms with van der Waals surface area (Å²) in [6.07, 6.45) is 6.37. The fourth-order valence-electron chi connectivity index (χ4n) is 1.53. The van der Waals surface area contributed by atoms with Crippen LogP contribution >= 0.6 is 0 Å². The average Bonchev–Trinajstić information content (AvgIpc) is 2.52. The lowest BCUT2D eigenvalue weighted by Gasteiger charge is -2.04. The maximum absolute atomic E-state index is 11.8. The lowest BCUT2D eigenvalue weighted by atomic mass is 10.2. The first-order chi connectivity index (χ1) is 10.6. The second-order valence-electron chi connectivity index (χ2n) is 4.35. The third-order valence-corrected chi connectivity index (χ3v) is 2.63. The Balaban J connectivity index is 2.32. The molecule has 1 aromatic heterocycles. The van der Waals surface area contributed by atoms with Gasteiger partial charge in [0, 0.05) is 31.6 Å². The van der Waals surface area contributed by atoms with E-state index in [1.165, 1.54) is 18.6 Å². The molecule has 0 aliphatic carbocycles. The number of amides is 1. The van der Waals surface area contributed by atoms with E-state index in [0.717, 1.165) is 0 Å². The highest BCUT2D eigenvalue weighted by atomic mass is 16.4. The molecule has 1 rings (SSSR count). The van der Waals surface area contributed by atoms with Gasteiger partial charge in [0.25, 0.3) is 5.91 Å². The molecule has 0 unspecified atom stereocenters. The Labute approximate surface area is 127 Å². The molecule has 1 amide bonds. The van der Waals surface area contributed by atoms with Gasteiger partial charge in [0.05, 0.1) is 0 Å². The van der Waals surface area contributed by atoms with Crippen molar-refractivity contribution in [3.8, 4) is 6.07 Å². The van der Waals surface area contributed by atoms with Crippen LogP contribution in [-0.2, 0) is 9.59 Å². The summed E-state index contributed by atoms with van der Waals surface area (Å²) >= 11 is 0. The number of hydrogen-bond donors (Lipinski definition) is 3. The highest BCUT2D eigenvalue weighted by Crippen LogP contribution is 2.00. The number of hydrogen-bond acceptors (Lipinski definition) is 6. The normalized spacial score (nSPS) is 10.6. The largest absolute Gasteiger partial charge is 0.481 e. The van der Waals surface area contributed by atoms with Crippen LogP contribution in [0.5, 0.6) is 0 Å². The predicted molar refractivity (Wildman–Crippen MR) is 78.5 cm³/mol. The van der Waals surface area contributed by atoms with E-state index in [1.807, 2.05) is 0 Å². The number of anilines is 1. The first kappa shape index (κ1) is 17.1. The van der Waals surface area contributed by atoms with E-state index in [4.69, 9.17) is 10.4 Å². The Morgan fingerprint density at radius 3 is 2.64 bits per heavy atom. The van der Waals surface area contributed by atoms with Gasteiger partial charge in [0.15, 0.2) is 0 Å². The van der Waals surface area contributed by atoms with Gasteiger partial charge in [-0.2, -0.15) is 5.26 Å². The fourth-order valence-corrected chi connectivity index (χ4v) is 1.53. The van der Waals surface area contributed by atoms with E-state index < -0.39 is 11.9 Å². The number of nitriles is 1. The van der Waals surface area contributed by atoms with Gasteiger partial charge >= 0.3 is 5.97 Å². The number of nitrogens with one attached hydrogen (secondary N) is 2. The topological polar surface area (TPSA) is 128 Å². The number of rotatable bonds is 9. The van der Waals surface area contributed by atoms with Crippen molar-refractivity contribution in [3.63, 3.8) is 0 Å². The standard InChI is InChI=1S/C14H17N5O3/c15-9-11(10-19-14-17-7-4-8-18-14)13(22)16-6-3-1-2-5-12(20)21/h4,7-8,10H,1-3,5-6H2,(H,16,22)(H,20,21)(H,17,18,19)/b11-10-. The summed E-state index contributed by atoms with van der Waals surface area (Å²) in [6, 6.07) is 3.44. The molecule has 22 heavy (non-hydrogen) atoms. The van der Waals surface area contributed by atoms with Gasteiger partial charge in [-0.05, 0) is 18.9 Å². The molecule has 1 heterocycles. The van der Waals surface area contributed by atoms with Crippen LogP contribution in [0.15, 0.2) is 30.2 Å². The Kier molecular flexibility index (Phi) is 7.68. The van der Waals surface area contributed by atoms with Gasteiger partial charge in [0.1, 0.15) is 11.6 Å². The molecule has 0 radical (unpaired) electrons. The minimum atomic E-state index is -0.826. The van der Waals surface area contributed by atoms with E-state index in [1.54, 1.807) is 12.1 Å². The second-order valence-corrected chi connectivity index (χ2v) is 4.35. The Hall–Kier alpha value is -2.95. The molecule has 3 N–H and O–H groups in total. The highest BCUT2D eigenvalue weighted by Gasteiger charge is 2.08. The van der Waals surface area contributed by atoms with Crippen molar-refractivity contribution in [2.75, 3.05) is 11.9 Å². The molecule has 0 aromatic carbocycles. The molecular weight excluding hydrogens is 286 g/mol. The van der Waals surface area contributed by atoms with Crippen LogP contribution in [0.1, 0.15) is 25.7 Å². The number of aromatic nitrogens is 2. The van der Waals surface area contributed by atoms with Crippen molar-refractivity contribution < 1.29 is 14.7 Å². The maximum atomic E-state index is 11.8. The number of aliphatic carboxylic acids is 1. The molecule has 116 valence electrons. The molecule has 1 aromatic rings. The second kappa shape index (κ2) is 9.88. The van der Waals surface area contributed by atoms with Crippen LogP contribution in [0.3, 0.4) is 0 Å².